The highest BCUT2D eigenvalue weighted by Gasteiger charge is 2.37. The molecule has 1 fully saturated rings. The number of amides is 2. The minimum absolute atomic E-state index is 0.191. The molecule has 0 aromatic heterocycles. The number of hydrogen-bond acceptors (Lipinski definition) is 4. The Hall–Kier alpha value is -1.28. The highest BCUT2D eigenvalue weighted by molar-refractivity contribution is 14.1. The van der Waals surface area contributed by atoms with Gasteiger partial charge in [0.15, 0.2) is 0 Å². The SMILES string of the molecule is C=C[C@@H](C)N1C(=O)S/C(=C\c2ccc(O)c(I)c2)C1=O. The van der Waals surface area contributed by atoms with Gasteiger partial charge in [0.2, 0.25) is 0 Å². The third-order valence-electron chi connectivity index (χ3n) is 2.84. The van der Waals surface area contributed by atoms with Gasteiger partial charge < -0.3 is 5.11 Å². The van der Waals surface area contributed by atoms with E-state index in [1.54, 1.807) is 37.3 Å². The predicted molar refractivity (Wildman–Crippen MR) is 88.3 cm³/mol. The molecule has 6 heteroatoms. The van der Waals surface area contributed by atoms with E-state index in [1.807, 2.05) is 22.6 Å². The molecule has 2 rings (SSSR count). The van der Waals surface area contributed by atoms with E-state index < -0.39 is 0 Å². The highest BCUT2D eigenvalue weighted by atomic mass is 127. The molecule has 1 aromatic carbocycles. The molecule has 0 aliphatic carbocycles. The van der Waals surface area contributed by atoms with Crippen molar-refractivity contribution in [1.82, 2.24) is 4.90 Å². The number of imide groups is 1. The van der Waals surface area contributed by atoms with Crippen molar-refractivity contribution < 1.29 is 14.7 Å². The molecule has 0 bridgehead atoms. The van der Waals surface area contributed by atoms with Crippen LogP contribution in [0.3, 0.4) is 0 Å². The maximum Gasteiger partial charge on any atom is 0.294 e. The number of phenolic OH excluding ortho intramolecular Hbond substituents is 1. The Kier molecular flexibility index (Phi) is 4.54. The van der Waals surface area contributed by atoms with Crippen LogP contribution in [0.15, 0.2) is 35.8 Å². The van der Waals surface area contributed by atoms with Crippen LogP contribution in [-0.2, 0) is 4.79 Å². The standard InChI is InChI=1S/C14H12INO3S/c1-3-8(2)16-13(18)12(20-14(16)19)7-9-4-5-11(17)10(15)6-9/h3-8,17H,1H2,2H3/b12-7-/t8-/m1/s1. The number of aromatic hydroxyl groups is 1. The first-order valence-corrected chi connectivity index (χ1v) is 7.71. The molecule has 2 amide bonds. The van der Waals surface area contributed by atoms with E-state index in [4.69, 9.17) is 0 Å². The Balaban J connectivity index is 2.32. The molecule has 0 saturated carbocycles. The van der Waals surface area contributed by atoms with Crippen molar-refractivity contribution in [3.8, 4) is 5.75 Å². The molecule has 0 radical (unpaired) electrons. The van der Waals surface area contributed by atoms with Crippen LogP contribution in [0.25, 0.3) is 6.08 Å². The Morgan fingerprint density at radius 3 is 2.75 bits per heavy atom. The van der Waals surface area contributed by atoms with E-state index in [9.17, 15) is 14.7 Å². The molecule has 1 atom stereocenters. The Labute approximate surface area is 134 Å². The van der Waals surface area contributed by atoms with Gasteiger partial charge >= 0.3 is 0 Å². The van der Waals surface area contributed by atoms with E-state index in [2.05, 4.69) is 6.58 Å². The first kappa shape index (κ1) is 15.1. The average molecular weight is 401 g/mol. The smallest absolute Gasteiger partial charge is 0.294 e. The molecule has 104 valence electrons. The van der Waals surface area contributed by atoms with Gasteiger partial charge in [0.1, 0.15) is 5.75 Å². The van der Waals surface area contributed by atoms with Crippen molar-refractivity contribution in [3.63, 3.8) is 0 Å². The van der Waals surface area contributed by atoms with Gasteiger partial charge in [-0.3, -0.25) is 14.5 Å². The summed E-state index contributed by atoms with van der Waals surface area (Å²) in [7, 11) is 0. The van der Waals surface area contributed by atoms with E-state index in [-0.39, 0.29) is 22.9 Å². The summed E-state index contributed by atoms with van der Waals surface area (Å²) < 4.78 is 0.690. The Morgan fingerprint density at radius 1 is 1.45 bits per heavy atom. The number of benzene rings is 1. The summed E-state index contributed by atoms with van der Waals surface area (Å²) in [6.45, 7) is 5.35. The van der Waals surface area contributed by atoms with Gasteiger partial charge in [-0.05, 0) is 65.0 Å². The maximum absolute atomic E-state index is 12.2. The largest absolute Gasteiger partial charge is 0.507 e. The van der Waals surface area contributed by atoms with Crippen LogP contribution in [0.2, 0.25) is 0 Å². The van der Waals surface area contributed by atoms with Gasteiger partial charge in [-0.25, -0.2) is 0 Å². The fraction of sp³-hybridized carbons (Fsp3) is 0.143. The third-order valence-corrected chi connectivity index (χ3v) is 4.59. The molecule has 1 heterocycles. The zero-order valence-electron chi connectivity index (χ0n) is 10.7. The minimum Gasteiger partial charge on any atom is -0.507 e. The van der Waals surface area contributed by atoms with E-state index >= 15 is 0 Å². The average Bonchev–Trinajstić information content (AvgIpc) is 2.68. The lowest BCUT2D eigenvalue weighted by molar-refractivity contribution is -0.123. The van der Waals surface area contributed by atoms with Crippen molar-refractivity contribution in [2.24, 2.45) is 0 Å². The number of carbonyl (C=O) groups excluding carboxylic acids is 2. The summed E-state index contributed by atoms with van der Waals surface area (Å²) in [6.07, 6.45) is 3.21. The number of nitrogens with zero attached hydrogens (tertiary/aromatic N) is 1. The third kappa shape index (κ3) is 2.90. The van der Waals surface area contributed by atoms with E-state index in [0.717, 1.165) is 17.3 Å². The number of halogens is 1. The molecule has 4 nitrogen and oxygen atoms in total. The zero-order chi connectivity index (χ0) is 14.9. The van der Waals surface area contributed by atoms with Crippen LogP contribution >= 0.6 is 34.4 Å². The second kappa shape index (κ2) is 6.01. The molecule has 1 N–H and O–H groups in total. The van der Waals surface area contributed by atoms with Crippen molar-refractivity contribution >= 4 is 51.6 Å². The van der Waals surface area contributed by atoms with Crippen LogP contribution in [0, 0.1) is 3.57 Å². The molecule has 1 aromatic rings. The van der Waals surface area contributed by atoms with Gasteiger partial charge in [-0.1, -0.05) is 12.1 Å². The van der Waals surface area contributed by atoms with Crippen molar-refractivity contribution in [2.45, 2.75) is 13.0 Å². The molecule has 0 spiro atoms. The molecule has 20 heavy (non-hydrogen) atoms. The van der Waals surface area contributed by atoms with Crippen molar-refractivity contribution in [1.29, 1.82) is 0 Å². The number of thioether (sulfide) groups is 1. The number of carbonyl (C=O) groups is 2. The fourth-order valence-electron chi connectivity index (χ4n) is 1.70. The summed E-state index contributed by atoms with van der Waals surface area (Å²) >= 11 is 2.92. The maximum atomic E-state index is 12.2. The number of hydrogen-bond donors (Lipinski definition) is 1. The lowest BCUT2D eigenvalue weighted by atomic mass is 10.2. The second-order valence-corrected chi connectivity index (χ2v) is 6.39. The molecular formula is C14H12INO3S. The molecular weight excluding hydrogens is 389 g/mol. The van der Waals surface area contributed by atoms with Crippen LogP contribution < -0.4 is 0 Å². The van der Waals surface area contributed by atoms with Crippen LogP contribution in [0.1, 0.15) is 12.5 Å². The second-order valence-electron chi connectivity index (χ2n) is 4.24. The topological polar surface area (TPSA) is 57.6 Å². The lowest BCUT2D eigenvalue weighted by Gasteiger charge is -2.17. The van der Waals surface area contributed by atoms with Gasteiger partial charge in [0, 0.05) is 0 Å². The van der Waals surface area contributed by atoms with E-state index in [1.165, 1.54) is 4.90 Å². The lowest BCUT2D eigenvalue weighted by Crippen LogP contribution is -2.35. The molecule has 1 aliphatic rings. The molecule has 1 aliphatic heterocycles. The van der Waals surface area contributed by atoms with Crippen LogP contribution in [0.4, 0.5) is 4.79 Å². The van der Waals surface area contributed by atoms with Gasteiger partial charge in [0.25, 0.3) is 11.1 Å². The highest BCUT2D eigenvalue weighted by Crippen LogP contribution is 2.34. The quantitative estimate of drug-likeness (QED) is 0.478. The molecule has 0 unspecified atom stereocenters. The van der Waals surface area contributed by atoms with Crippen LogP contribution in [-0.4, -0.2) is 27.2 Å². The zero-order valence-corrected chi connectivity index (χ0v) is 13.6. The normalized spacial score (nSPS) is 18.7. The first-order chi connectivity index (χ1) is 9.43. The molecule has 1 saturated heterocycles. The van der Waals surface area contributed by atoms with Crippen LogP contribution in [0.5, 0.6) is 5.75 Å². The first-order valence-electron chi connectivity index (χ1n) is 5.82. The fourth-order valence-corrected chi connectivity index (χ4v) is 3.16. The summed E-state index contributed by atoms with van der Waals surface area (Å²) in [5, 5.41) is 9.18. The predicted octanol–water partition coefficient (Wildman–Crippen LogP) is 3.61. The van der Waals surface area contributed by atoms with Crippen molar-refractivity contribution in [2.75, 3.05) is 0 Å². The number of phenols is 1. The Bertz CT molecular complexity index is 627. The summed E-state index contributed by atoms with van der Waals surface area (Å²) in [4.78, 5) is 25.6. The number of rotatable bonds is 3. The minimum atomic E-state index is -0.326. The summed E-state index contributed by atoms with van der Waals surface area (Å²) in [5.41, 5.74) is 0.768. The summed E-state index contributed by atoms with van der Waals surface area (Å²) in [5.74, 6) is -0.119. The van der Waals surface area contributed by atoms with Crippen molar-refractivity contribution in [3.05, 3.63) is 44.9 Å². The monoisotopic (exact) mass is 401 g/mol. The Morgan fingerprint density at radius 2 is 2.15 bits per heavy atom. The van der Waals surface area contributed by atoms with E-state index in [0.29, 0.717) is 8.48 Å². The van der Waals surface area contributed by atoms with Gasteiger partial charge in [-0.2, -0.15) is 0 Å². The van der Waals surface area contributed by atoms with Gasteiger partial charge in [-0.15, -0.1) is 6.58 Å². The summed E-state index contributed by atoms with van der Waals surface area (Å²) in [6, 6.07) is 4.68. The van der Waals surface area contributed by atoms with Gasteiger partial charge in [0.05, 0.1) is 14.5 Å².